The van der Waals surface area contributed by atoms with Crippen LogP contribution in [0.3, 0.4) is 0 Å². The van der Waals surface area contributed by atoms with Crippen molar-refractivity contribution in [3.05, 3.63) is 47.0 Å². The monoisotopic (exact) mass is 336 g/mol. The van der Waals surface area contributed by atoms with Crippen LogP contribution in [0.25, 0.3) is 0 Å². The molecule has 23 heavy (non-hydrogen) atoms. The lowest BCUT2D eigenvalue weighted by atomic mass is 10.1. The summed E-state index contributed by atoms with van der Waals surface area (Å²) in [5, 5.41) is 11.4. The summed E-state index contributed by atoms with van der Waals surface area (Å²) >= 11 is 0. The first-order valence-corrected chi connectivity index (χ1v) is 8.71. The SMILES string of the molecule is O=[N+]([O-])c1cc(S(=O)(=O)n2ccnc2)ccc1N1CCCCC1. The van der Waals surface area contributed by atoms with Crippen LogP contribution in [0.1, 0.15) is 19.3 Å². The second-order valence-corrected chi connectivity index (χ2v) is 7.20. The van der Waals surface area contributed by atoms with Crippen LogP contribution in [-0.4, -0.2) is 35.4 Å². The zero-order valence-corrected chi connectivity index (χ0v) is 13.1. The maximum atomic E-state index is 12.4. The first-order chi connectivity index (χ1) is 11.0. The number of rotatable bonds is 4. The van der Waals surface area contributed by atoms with Crippen LogP contribution in [0, 0.1) is 10.1 Å². The molecular formula is C14H16N4O4S. The van der Waals surface area contributed by atoms with Crippen LogP contribution in [0.15, 0.2) is 41.8 Å². The van der Waals surface area contributed by atoms with Gasteiger partial charge in [-0.2, -0.15) is 0 Å². The Morgan fingerprint density at radius 3 is 2.52 bits per heavy atom. The maximum absolute atomic E-state index is 12.4. The fourth-order valence-corrected chi connectivity index (χ4v) is 3.86. The number of imidazole rings is 1. The molecule has 3 rings (SSSR count). The first-order valence-electron chi connectivity index (χ1n) is 7.27. The molecule has 0 amide bonds. The minimum atomic E-state index is -3.87. The quantitative estimate of drug-likeness (QED) is 0.626. The molecule has 0 unspecified atom stereocenters. The van der Waals surface area contributed by atoms with E-state index in [1.165, 1.54) is 24.5 Å². The number of benzene rings is 1. The molecule has 1 fully saturated rings. The van der Waals surface area contributed by atoms with Crippen molar-refractivity contribution in [3.63, 3.8) is 0 Å². The highest BCUT2D eigenvalue weighted by molar-refractivity contribution is 7.90. The standard InChI is InChI=1S/C14H16N4O4S/c19-18(20)14-10-12(23(21,22)17-9-6-15-11-17)4-5-13(14)16-7-2-1-3-8-16/h4-6,9-11H,1-3,7-8H2. The molecule has 1 aromatic carbocycles. The van der Waals surface area contributed by atoms with E-state index in [0.29, 0.717) is 5.69 Å². The molecule has 0 aliphatic carbocycles. The fraction of sp³-hybridized carbons (Fsp3) is 0.357. The number of hydrogen-bond acceptors (Lipinski definition) is 6. The summed E-state index contributed by atoms with van der Waals surface area (Å²) in [7, 11) is -3.87. The number of nitrogens with zero attached hydrogens (tertiary/aromatic N) is 4. The van der Waals surface area contributed by atoms with Gasteiger partial charge in [-0.05, 0) is 31.4 Å². The van der Waals surface area contributed by atoms with Gasteiger partial charge in [0.2, 0.25) is 0 Å². The molecule has 122 valence electrons. The number of aromatic nitrogens is 2. The summed E-state index contributed by atoms with van der Waals surface area (Å²) in [6.45, 7) is 1.49. The van der Waals surface area contributed by atoms with E-state index in [1.807, 2.05) is 4.90 Å². The predicted octanol–water partition coefficient (Wildman–Crippen LogP) is 2.02. The normalized spacial score (nSPS) is 15.6. The van der Waals surface area contributed by atoms with Gasteiger partial charge < -0.3 is 4.90 Å². The Labute approximate surface area is 133 Å². The van der Waals surface area contributed by atoms with Gasteiger partial charge >= 0.3 is 0 Å². The van der Waals surface area contributed by atoms with E-state index in [9.17, 15) is 18.5 Å². The Hall–Kier alpha value is -2.42. The Balaban J connectivity index is 2.05. The molecule has 1 aliphatic heterocycles. The van der Waals surface area contributed by atoms with Crippen molar-refractivity contribution in [1.29, 1.82) is 0 Å². The predicted molar refractivity (Wildman–Crippen MR) is 84.0 cm³/mol. The second kappa shape index (κ2) is 5.99. The van der Waals surface area contributed by atoms with E-state index in [0.717, 1.165) is 48.7 Å². The number of nitro groups is 1. The number of hydrogen-bond donors (Lipinski definition) is 0. The van der Waals surface area contributed by atoms with Crippen LogP contribution in [-0.2, 0) is 10.0 Å². The van der Waals surface area contributed by atoms with Crippen molar-refractivity contribution in [2.75, 3.05) is 18.0 Å². The van der Waals surface area contributed by atoms with Crippen molar-refractivity contribution in [3.8, 4) is 0 Å². The maximum Gasteiger partial charge on any atom is 0.293 e. The molecule has 0 spiro atoms. The van der Waals surface area contributed by atoms with Crippen molar-refractivity contribution >= 4 is 21.4 Å². The van der Waals surface area contributed by atoms with E-state index >= 15 is 0 Å². The summed E-state index contributed by atoms with van der Waals surface area (Å²) < 4.78 is 25.8. The number of nitro benzene ring substituents is 1. The van der Waals surface area contributed by atoms with Crippen LogP contribution >= 0.6 is 0 Å². The summed E-state index contributed by atoms with van der Waals surface area (Å²) in [6.07, 6.45) is 6.85. The molecule has 0 atom stereocenters. The van der Waals surface area contributed by atoms with Gasteiger partial charge in [0.15, 0.2) is 0 Å². The van der Waals surface area contributed by atoms with Gasteiger partial charge in [-0.15, -0.1) is 0 Å². The lowest BCUT2D eigenvalue weighted by Gasteiger charge is -2.28. The largest absolute Gasteiger partial charge is 0.366 e. The Kier molecular flexibility index (Phi) is 4.03. The molecule has 2 aromatic rings. The average Bonchev–Trinajstić information content (AvgIpc) is 3.10. The van der Waals surface area contributed by atoms with Gasteiger partial charge in [0.25, 0.3) is 15.7 Å². The van der Waals surface area contributed by atoms with Gasteiger partial charge in [0, 0.05) is 31.5 Å². The summed E-state index contributed by atoms with van der Waals surface area (Å²) in [5.74, 6) is 0. The van der Waals surface area contributed by atoms with Gasteiger partial charge in [-0.1, -0.05) is 0 Å². The Morgan fingerprint density at radius 2 is 1.91 bits per heavy atom. The Morgan fingerprint density at radius 1 is 1.17 bits per heavy atom. The minimum absolute atomic E-state index is 0.122. The van der Waals surface area contributed by atoms with E-state index in [-0.39, 0.29) is 10.6 Å². The summed E-state index contributed by atoms with van der Waals surface area (Å²) in [4.78, 5) is 16.4. The van der Waals surface area contributed by atoms with Crippen LogP contribution < -0.4 is 4.90 Å². The van der Waals surface area contributed by atoms with Crippen LogP contribution in [0.2, 0.25) is 0 Å². The highest BCUT2D eigenvalue weighted by Gasteiger charge is 2.25. The molecular weight excluding hydrogens is 320 g/mol. The molecule has 0 saturated carbocycles. The van der Waals surface area contributed by atoms with Gasteiger partial charge in [0.1, 0.15) is 12.0 Å². The van der Waals surface area contributed by atoms with E-state index in [1.54, 1.807) is 0 Å². The fourth-order valence-electron chi connectivity index (χ4n) is 2.72. The second-order valence-electron chi connectivity index (χ2n) is 5.35. The third kappa shape index (κ3) is 2.91. The van der Waals surface area contributed by atoms with E-state index < -0.39 is 14.9 Å². The smallest absolute Gasteiger partial charge is 0.293 e. The molecule has 0 bridgehead atoms. The summed E-state index contributed by atoms with van der Waals surface area (Å²) in [5.41, 5.74) is 0.285. The first kappa shape index (κ1) is 15.5. The van der Waals surface area contributed by atoms with Gasteiger partial charge in [-0.25, -0.2) is 17.4 Å². The van der Waals surface area contributed by atoms with Gasteiger partial charge in [-0.3, -0.25) is 10.1 Å². The van der Waals surface area contributed by atoms with E-state index in [2.05, 4.69) is 4.98 Å². The lowest BCUT2D eigenvalue weighted by Crippen LogP contribution is -2.30. The molecule has 9 heteroatoms. The van der Waals surface area contributed by atoms with Crippen molar-refractivity contribution in [2.45, 2.75) is 24.2 Å². The number of piperidine rings is 1. The topological polar surface area (TPSA) is 98.3 Å². The zero-order valence-electron chi connectivity index (χ0n) is 12.3. The molecule has 1 saturated heterocycles. The molecule has 0 N–H and O–H groups in total. The van der Waals surface area contributed by atoms with Crippen molar-refractivity contribution < 1.29 is 13.3 Å². The molecule has 1 aromatic heterocycles. The highest BCUT2D eigenvalue weighted by Crippen LogP contribution is 2.33. The minimum Gasteiger partial charge on any atom is -0.366 e. The molecule has 2 heterocycles. The van der Waals surface area contributed by atoms with Crippen molar-refractivity contribution in [2.24, 2.45) is 0 Å². The van der Waals surface area contributed by atoms with Gasteiger partial charge in [0.05, 0.1) is 9.82 Å². The zero-order chi connectivity index (χ0) is 16.4. The Bertz CT molecular complexity index is 811. The molecule has 0 radical (unpaired) electrons. The van der Waals surface area contributed by atoms with Crippen molar-refractivity contribution in [1.82, 2.24) is 8.96 Å². The lowest BCUT2D eigenvalue weighted by molar-refractivity contribution is -0.384. The van der Waals surface area contributed by atoms with E-state index in [4.69, 9.17) is 0 Å². The highest BCUT2D eigenvalue weighted by atomic mass is 32.2. The third-order valence-corrected chi connectivity index (χ3v) is 5.52. The van der Waals surface area contributed by atoms with Crippen LogP contribution in [0.5, 0.6) is 0 Å². The third-order valence-electron chi connectivity index (χ3n) is 3.90. The molecule has 8 nitrogen and oxygen atoms in total. The number of anilines is 1. The van der Waals surface area contributed by atoms with Crippen LogP contribution in [0.4, 0.5) is 11.4 Å². The average molecular weight is 336 g/mol. The summed E-state index contributed by atoms with van der Waals surface area (Å²) in [6, 6.07) is 4.05. The molecule has 1 aliphatic rings.